The molecule has 1 aliphatic rings. The van der Waals surface area contributed by atoms with Gasteiger partial charge in [0.15, 0.2) is 0 Å². The fourth-order valence-corrected chi connectivity index (χ4v) is 1.53. The van der Waals surface area contributed by atoms with Crippen molar-refractivity contribution < 1.29 is 4.74 Å². The molecule has 1 heterocycles. The monoisotopic (exact) mass is 236 g/mol. The maximum Gasteiger partial charge on any atom is 0.0594 e. The van der Waals surface area contributed by atoms with E-state index in [2.05, 4.69) is 26.1 Å². The van der Waals surface area contributed by atoms with Gasteiger partial charge in [-0.25, -0.2) is 0 Å². The van der Waals surface area contributed by atoms with Crippen molar-refractivity contribution in [2.24, 2.45) is 0 Å². The topological polar surface area (TPSA) is 24.5 Å². The highest BCUT2D eigenvalue weighted by molar-refractivity contribution is 9.09. The fourth-order valence-electron chi connectivity index (χ4n) is 1.25. The van der Waals surface area contributed by atoms with E-state index in [4.69, 9.17) is 4.74 Å². The molecule has 0 aromatic heterocycles. The van der Waals surface area contributed by atoms with Crippen LogP contribution in [0.25, 0.3) is 0 Å². The molecule has 0 unspecified atom stereocenters. The third-order valence-corrected chi connectivity index (χ3v) is 2.38. The van der Waals surface area contributed by atoms with Crippen molar-refractivity contribution in [2.45, 2.75) is 0 Å². The molecular formula is C8H17BrN2O. The Hall–Kier alpha value is 0.360. The van der Waals surface area contributed by atoms with E-state index in [-0.39, 0.29) is 0 Å². The Labute approximate surface area is 82.6 Å². The van der Waals surface area contributed by atoms with Crippen LogP contribution in [0, 0.1) is 0 Å². The van der Waals surface area contributed by atoms with Crippen LogP contribution in [0.15, 0.2) is 0 Å². The number of hydrogen-bond donors (Lipinski definition) is 1. The molecule has 4 heteroatoms. The van der Waals surface area contributed by atoms with Crippen LogP contribution in [0.1, 0.15) is 0 Å². The lowest BCUT2D eigenvalue weighted by Crippen LogP contribution is -2.40. The van der Waals surface area contributed by atoms with Crippen LogP contribution in [-0.2, 0) is 4.74 Å². The second-order valence-electron chi connectivity index (χ2n) is 2.89. The summed E-state index contributed by atoms with van der Waals surface area (Å²) in [7, 11) is 0. The molecule has 72 valence electrons. The zero-order chi connectivity index (χ0) is 8.65. The van der Waals surface area contributed by atoms with Gasteiger partial charge >= 0.3 is 0 Å². The minimum Gasteiger partial charge on any atom is -0.379 e. The van der Waals surface area contributed by atoms with Gasteiger partial charge in [-0.05, 0) is 0 Å². The molecule has 1 aliphatic heterocycles. The van der Waals surface area contributed by atoms with Gasteiger partial charge < -0.3 is 10.1 Å². The summed E-state index contributed by atoms with van der Waals surface area (Å²) in [5, 5.41) is 4.39. The highest BCUT2D eigenvalue weighted by Gasteiger charge is 2.08. The highest BCUT2D eigenvalue weighted by atomic mass is 79.9. The molecule has 1 N–H and O–H groups in total. The summed E-state index contributed by atoms with van der Waals surface area (Å²) in [6.45, 7) is 7.29. The third kappa shape index (κ3) is 4.40. The fraction of sp³-hybridized carbons (Fsp3) is 1.00. The molecule has 3 nitrogen and oxygen atoms in total. The first-order valence-electron chi connectivity index (χ1n) is 4.50. The summed E-state index contributed by atoms with van der Waals surface area (Å²) in [6.07, 6.45) is 0. The van der Waals surface area contributed by atoms with Crippen LogP contribution in [0.5, 0.6) is 0 Å². The number of alkyl halides is 1. The molecule has 1 rings (SSSR count). The number of nitrogens with one attached hydrogen (secondary N) is 1. The molecule has 0 atom stereocenters. The molecule has 1 fully saturated rings. The Balaban J connectivity index is 1.91. The Morgan fingerprint density at radius 3 is 2.67 bits per heavy atom. The van der Waals surface area contributed by atoms with Gasteiger partial charge in [0.25, 0.3) is 0 Å². The van der Waals surface area contributed by atoms with Gasteiger partial charge in [-0.2, -0.15) is 0 Å². The lowest BCUT2D eigenvalue weighted by molar-refractivity contribution is 0.0385. The zero-order valence-corrected chi connectivity index (χ0v) is 8.98. The molecular weight excluding hydrogens is 220 g/mol. The average Bonchev–Trinajstić information content (AvgIpc) is 2.14. The van der Waals surface area contributed by atoms with E-state index < -0.39 is 0 Å². The van der Waals surface area contributed by atoms with Crippen molar-refractivity contribution >= 4 is 15.9 Å². The lowest BCUT2D eigenvalue weighted by atomic mass is 10.4. The Kier molecular flexibility index (Phi) is 5.94. The molecule has 0 saturated carbocycles. The second kappa shape index (κ2) is 6.83. The molecule has 0 aliphatic carbocycles. The van der Waals surface area contributed by atoms with Gasteiger partial charge in [-0.3, -0.25) is 4.90 Å². The summed E-state index contributed by atoms with van der Waals surface area (Å²) < 4.78 is 5.26. The van der Waals surface area contributed by atoms with E-state index in [1.165, 1.54) is 0 Å². The molecule has 12 heavy (non-hydrogen) atoms. The highest BCUT2D eigenvalue weighted by Crippen LogP contribution is 1.94. The van der Waals surface area contributed by atoms with E-state index in [0.717, 1.165) is 51.3 Å². The van der Waals surface area contributed by atoms with Crippen molar-refractivity contribution in [3.05, 3.63) is 0 Å². The first kappa shape index (κ1) is 10.4. The SMILES string of the molecule is BrCCNCCN1CCOCC1. The molecule has 0 radical (unpaired) electrons. The molecule has 0 amide bonds. The first-order chi connectivity index (χ1) is 5.93. The maximum absolute atomic E-state index is 5.26. The summed E-state index contributed by atoms with van der Waals surface area (Å²) in [5.74, 6) is 0. The standard InChI is InChI=1S/C8H17BrN2O/c9-1-2-10-3-4-11-5-7-12-8-6-11/h10H,1-8H2. The summed E-state index contributed by atoms with van der Waals surface area (Å²) in [5.41, 5.74) is 0. The normalized spacial score (nSPS) is 19.8. The van der Waals surface area contributed by atoms with E-state index in [0.29, 0.717) is 0 Å². The van der Waals surface area contributed by atoms with Crippen molar-refractivity contribution in [1.82, 2.24) is 10.2 Å². The third-order valence-electron chi connectivity index (χ3n) is 1.98. The van der Waals surface area contributed by atoms with Crippen molar-refractivity contribution in [1.29, 1.82) is 0 Å². The van der Waals surface area contributed by atoms with Crippen molar-refractivity contribution in [3.63, 3.8) is 0 Å². The molecule has 0 aromatic rings. The predicted octanol–water partition coefficient (Wildman–Crippen LogP) is 0.303. The van der Waals surface area contributed by atoms with Crippen molar-refractivity contribution in [3.8, 4) is 0 Å². The molecule has 0 bridgehead atoms. The number of morpholine rings is 1. The average molecular weight is 237 g/mol. The first-order valence-corrected chi connectivity index (χ1v) is 5.62. The summed E-state index contributed by atoms with van der Waals surface area (Å²) >= 11 is 3.38. The number of nitrogens with zero attached hydrogens (tertiary/aromatic N) is 1. The van der Waals surface area contributed by atoms with Gasteiger partial charge in [0.05, 0.1) is 13.2 Å². The zero-order valence-electron chi connectivity index (χ0n) is 7.39. The largest absolute Gasteiger partial charge is 0.379 e. The Morgan fingerprint density at radius 2 is 2.00 bits per heavy atom. The van der Waals surface area contributed by atoms with E-state index >= 15 is 0 Å². The molecule has 0 spiro atoms. The van der Waals surface area contributed by atoms with E-state index in [1.807, 2.05) is 0 Å². The predicted molar refractivity (Wildman–Crippen MR) is 53.9 cm³/mol. The number of hydrogen-bond acceptors (Lipinski definition) is 3. The summed E-state index contributed by atoms with van der Waals surface area (Å²) in [4.78, 5) is 2.44. The van der Waals surface area contributed by atoms with Crippen LogP contribution >= 0.6 is 15.9 Å². The summed E-state index contributed by atoms with van der Waals surface area (Å²) in [6, 6.07) is 0. The van der Waals surface area contributed by atoms with Crippen LogP contribution in [0.4, 0.5) is 0 Å². The quantitative estimate of drug-likeness (QED) is 0.550. The lowest BCUT2D eigenvalue weighted by Gasteiger charge is -2.26. The Bertz CT molecular complexity index is 107. The van der Waals surface area contributed by atoms with Crippen LogP contribution < -0.4 is 5.32 Å². The number of ether oxygens (including phenoxy) is 1. The van der Waals surface area contributed by atoms with Gasteiger partial charge in [0.1, 0.15) is 0 Å². The van der Waals surface area contributed by atoms with Crippen LogP contribution in [-0.4, -0.2) is 56.2 Å². The van der Waals surface area contributed by atoms with Gasteiger partial charge in [-0.15, -0.1) is 0 Å². The Morgan fingerprint density at radius 1 is 1.25 bits per heavy atom. The van der Waals surface area contributed by atoms with Gasteiger partial charge in [-0.1, -0.05) is 15.9 Å². The van der Waals surface area contributed by atoms with E-state index in [1.54, 1.807) is 0 Å². The van der Waals surface area contributed by atoms with Crippen molar-refractivity contribution in [2.75, 3.05) is 51.3 Å². The maximum atomic E-state index is 5.26. The minimum absolute atomic E-state index is 0.901. The van der Waals surface area contributed by atoms with Crippen LogP contribution in [0.3, 0.4) is 0 Å². The molecule has 1 saturated heterocycles. The smallest absolute Gasteiger partial charge is 0.0594 e. The van der Waals surface area contributed by atoms with E-state index in [9.17, 15) is 0 Å². The number of rotatable bonds is 5. The van der Waals surface area contributed by atoms with Gasteiger partial charge in [0, 0.05) is 38.1 Å². The molecule has 0 aromatic carbocycles. The van der Waals surface area contributed by atoms with Crippen LogP contribution in [0.2, 0.25) is 0 Å². The number of halogens is 1. The minimum atomic E-state index is 0.901. The van der Waals surface area contributed by atoms with Gasteiger partial charge in [0.2, 0.25) is 0 Å². The second-order valence-corrected chi connectivity index (χ2v) is 3.69.